The van der Waals surface area contributed by atoms with E-state index in [1.54, 1.807) is 19.2 Å². The molecule has 5 nitrogen and oxygen atoms in total. The molecule has 1 fully saturated rings. The summed E-state index contributed by atoms with van der Waals surface area (Å²) in [5.74, 6) is 0. The number of nitrogens with zero attached hydrogens (tertiary/aromatic N) is 1. The molecule has 0 saturated carbocycles. The minimum absolute atomic E-state index is 0.127. The van der Waals surface area contributed by atoms with Crippen LogP contribution in [-0.4, -0.2) is 32.4 Å². The third kappa shape index (κ3) is 5.04. The molecule has 0 spiro atoms. The molecule has 0 radical (unpaired) electrons. The fourth-order valence-electron chi connectivity index (χ4n) is 3.14. The van der Waals surface area contributed by atoms with E-state index in [0.29, 0.717) is 10.6 Å². The van der Waals surface area contributed by atoms with E-state index < -0.39 is 33.1 Å². The van der Waals surface area contributed by atoms with Gasteiger partial charge in [0, 0.05) is 23.6 Å². The lowest BCUT2D eigenvalue weighted by Crippen LogP contribution is -2.39. The van der Waals surface area contributed by atoms with E-state index >= 15 is 0 Å². The van der Waals surface area contributed by atoms with Crippen LogP contribution in [-0.2, 0) is 27.6 Å². The Kier molecular flexibility index (Phi) is 6.47. The molecule has 0 bridgehead atoms. The quantitative estimate of drug-likeness (QED) is 0.705. The highest BCUT2D eigenvalue weighted by molar-refractivity contribution is 7.90. The summed E-state index contributed by atoms with van der Waals surface area (Å²) in [6.45, 7) is -0.411. The van der Waals surface area contributed by atoms with E-state index in [9.17, 15) is 21.6 Å². The van der Waals surface area contributed by atoms with Crippen molar-refractivity contribution < 1.29 is 26.4 Å². The van der Waals surface area contributed by atoms with Gasteiger partial charge in [0.1, 0.15) is 5.25 Å². The van der Waals surface area contributed by atoms with Gasteiger partial charge in [0.25, 0.3) is 0 Å². The van der Waals surface area contributed by atoms with Crippen LogP contribution in [0.1, 0.15) is 22.7 Å². The van der Waals surface area contributed by atoms with E-state index in [1.807, 2.05) is 0 Å². The van der Waals surface area contributed by atoms with Crippen LogP contribution >= 0.6 is 23.2 Å². The third-order valence-corrected chi connectivity index (χ3v) is 6.90. The maximum Gasteiger partial charge on any atom is 0.416 e. The van der Waals surface area contributed by atoms with Crippen molar-refractivity contribution in [3.63, 3.8) is 0 Å². The summed E-state index contributed by atoms with van der Waals surface area (Å²) in [6.07, 6.45) is -4.51. The molecular formula is C18H17Cl2F3N2O3S. The summed E-state index contributed by atoms with van der Waals surface area (Å²) in [7, 11) is -2.37. The van der Waals surface area contributed by atoms with Gasteiger partial charge >= 0.3 is 6.18 Å². The SMILES string of the molecule is CN1OCC(S(=O)(=O)NCc2cccc(C(F)(F)F)c2)C1c1ccc(Cl)cc1Cl. The van der Waals surface area contributed by atoms with Gasteiger partial charge in [0.15, 0.2) is 0 Å². The highest BCUT2D eigenvalue weighted by atomic mass is 35.5. The van der Waals surface area contributed by atoms with E-state index in [4.69, 9.17) is 28.0 Å². The lowest BCUT2D eigenvalue weighted by Gasteiger charge is -2.24. The Morgan fingerprint density at radius 1 is 1.21 bits per heavy atom. The number of rotatable bonds is 5. The van der Waals surface area contributed by atoms with Gasteiger partial charge in [-0.2, -0.15) is 18.2 Å². The first-order chi connectivity index (χ1) is 13.5. The van der Waals surface area contributed by atoms with Gasteiger partial charge in [-0.15, -0.1) is 0 Å². The summed E-state index contributed by atoms with van der Waals surface area (Å²) >= 11 is 12.1. The Labute approximate surface area is 176 Å². The van der Waals surface area contributed by atoms with Gasteiger partial charge in [-0.25, -0.2) is 13.1 Å². The van der Waals surface area contributed by atoms with Crippen LogP contribution in [0.2, 0.25) is 10.0 Å². The van der Waals surface area contributed by atoms with Gasteiger partial charge in [-0.3, -0.25) is 4.84 Å². The molecule has 1 aliphatic heterocycles. The van der Waals surface area contributed by atoms with Crippen LogP contribution in [0.15, 0.2) is 42.5 Å². The summed E-state index contributed by atoms with van der Waals surface area (Å²) in [4.78, 5) is 5.39. The molecule has 2 aromatic carbocycles. The van der Waals surface area contributed by atoms with Crippen LogP contribution in [0.5, 0.6) is 0 Å². The highest BCUT2D eigenvalue weighted by Crippen LogP contribution is 2.38. The lowest BCUT2D eigenvalue weighted by molar-refractivity contribution is -0.137. The van der Waals surface area contributed by atoms with E-state index in [2.05, 4.69) is 4.72 Å². The molecule has 3 rings (SSSR count). The molecule has 0 amide bonds. The molecule has 0 aliphatic carbocycles. The van der Waals surface area contributed by atoms with Crippen LogP contribution in [0, 0.1) is 0 Å². The van der Waals surface area contributed by atoms with Crippen molar-refractivity contribution in [2.45, 2.75) is 24.0 Å². The zero-order valence-electron chi connectivity index (χ0n) is 15.1. The standard InChI is InChI=1S/C18H17Cl2F3N2O3S/c1-25-17(14-6-5-13(19)8-15(14)20)16(10-28-25)29(26,27)24-9-11-3-2-4-12(7-11)18(21,22)23/h2-8,16-17,24H,9-10H2,1H3. The highest BCUT2D eigenvalue weighted by Gasteiger charge is 2.44. The third-order valence-electron chi connectivity index (χ3n) is 4.60. The first kappa shape index (κ1) is 22.3. The Morgan fingerprint density at radius 3 is 2.59 bits per heavy atom. The van der Waals surface area contributed by atoms with Crippen molar-refractivity contribution in [3.05, 3.63) is 69.2 Å². The van der Waals surface area contributed by atoms with Crippen molar-refractivity contribution in [2.75, 3.05) is 13.7 Å². The molecule has 1 heterocycles. The van der Waals surface area contributed by atoms with Gasteiger partial charge in [-0.05, 0) is 29.3 Å². The average Bonchev–Trinajstić information content (AvgIpc) is 3.02. The molecular weight excluding hydrogens is 452 g/mol. The maximum atomic E-state index is 12.9. The number of sulfonamides is 1. The van der Waals surface area contributed by atoms with Crippen molar-refractivity contribution >= 4 is 33.2 Å². The topological polar surface area (TPSA) is 58.6 Å². The predicted octanol–water partition coefficient (Wildman–Crippen LogP) is 4.42. The number of hydrogen-bond acceptors (Lipinski definition) is 4. The molecule has 1 saturated heterocycles. The van der Waals surface area contributed by atoms with E-state index in [0.717, 1.165) is 12.1 Å². The van der Waals surface area contributed by atoms with Crippen LogP contribution in [0.25, 0.3) is 0 Å². The molecule has 29 heavy (non-hydrogen) atoms. The van der Waals surface area contributed by atoms with Crippen LogP contribution in [0.4, 0.5) is 13.2 Å². The minimum Gasteiger partial charge on any atom is -0.297 e. The number of alkyl halides is 3. The summed E-state index contributed by atoms with van der Waals surface area (Å²) in [5.41, 5.74) is -0.133. The van der Waals surface area contributed by atoms with Gasteiger partial charge in [0.2, 0.25) is 10.0 Å². The molecule has 2 atom stereocenters. The summed E-state index contributed by atoms with van der Waals surface area (Å²) in [6, 6.07) is 8.50. The molecule has 11 heteroatoms. The van der Waals surface area contributed by atoms with Crippen LogP contribution < -0.4 is 4.72 Å². The van der Waals surface area contributed by atoms with E-state index in [-0.39, 0.29) is 23.7 Å². The van der Waals surface area contributed by atoms with Gasteiger partial charge < -0.3 is 0 Å². The van der Waals surface area contributed by atoms with Gasteiger partial charge in [-0.1, -0.05) is 47.5 Å². The fourth-order valence-corrected chi connectivity index (χ4v) is 5.14. The largest absolute Gasteiger partial charge is 0.416 e. The summed E-state index contributed by atoms with van der Waals surface area (Å²) in [5, 5.41) is 1.07. The first-order valence-corrected chi connectivity index (χ1v) is 10.7. The lowest BCUT2D eigenvalue weighted by atomic mass is 10.0. The molecule has 1 N–H and O–H groups in total. The second-order valence-corrected chi connectivity index (χ2v) is 9.38. The smallest absolute Gasteiger partial charge is 0.297 e. The molecule has 0 aromatic heterocycles. The normalized spacial score (nSPS) is 20.9. The van der Waals surface area contributed by atoms with Crippen molar-refractivity contribution in [1.29, 1.82) is 0 Å². The number of hydroxylamine groups is 2. The molecule has 2 unspecified atom stereocenters. The van der Waals surface area contributed by atoms with Crippen molar-refractivity contribution in [3.8, 4) is 0 Å². The molecule has 158 valence electrons. The predicted molar refractivity (Wildman–Crippen MR) is 104 cm³/mol. The average molecular weight is 469 g/mol. The zero-order valence-corrected chi connectivity index (χ0v) is 17.4. The number of halogens is 5. The Hall–Kier alpha value is -1.36. The van der Waals surface area contributed by atoms with Gasteiger partial charge in [0.05, 0.1) is 18.2 Å². The number of benzene rings is 2. The molecule has 2 aromatic rings. The second-order valence-electron chi connectivity index (χ2n) is 6.56. The van der Waals surface area contributed by atoms with Crippen molar-refractivity contribution in [1.82, 2.24) is 9.79 Å². The van der Waals surface area contributed by atoms with E-state index in [1.165, 1.54) is 23.3 Å². The van der Waals surface area contributed by atoms with Crippen molar-refractivity contribution in [2.24, 2.45) is 0 Å². The number of hydrogen-bond donors (Lipinski definition) is 1. The van der Waals surface area contributed by atoms with Crippen LogP contribution in [0.3, 0.4) is 0 Å². The fraction of sp³-hybridized carbons (Fsp3) is 0.333. The Bertz CT molecular complexity index is 1000. The summed E-state index contributed by atoms with van der Waals surface area (Å²) < 4.78 is 66.7. The monoisotopic (exact) mass is 468 g/mol. The Morgan fingerprint density at radius 2 is 1.93 bits per heavy atom. The zero-order chi connectivity index (χ0) is 21.4. The maximum absolute atomic E-state index is 12.9. The minimum atomic E-state index is -4.51. The second kappa shape index (κ2) is 8.41. The first-order valence-electron chi connectivity index (χ1n) is 8.44. The molecule has 1 aliphatic rings. The number of nitrogens with one attached hydrogen (secondary N) is 1. The Balaban J connectivity index is 1.81.